The maximum absolute atomic E-state index is 12.4. The molecule has 1 unspecified atom stereocenters. The first-order valence-corrected chi connectivity index (χ1v) is 8.89. The summed E-state index contributed by atoms with van der Waals surface area (Å²) < 4.78 is 27.5. The minimum absolute atomic E-state index is 0.116. The molecule has 0 saturated heterocycles. The molecule has 0 aromatic heterocycles. The molecule has 1 aromatic carbocycles. The lowest BCUT2D eigenvalue weighted by molar-refractivity contribution is 0.571. The van der Waals surface area contributed by atoms with Gasteiger partial charge < -0.3 is 5.73 Å². The minimum atomic E-state index is -3.56. The van der Waals surface area contributed by atoms with E-state index in [1.165, 1.54) is 0 Å². The van der Waals surface area contributed by atoms with Crippen LogP contribution in [0.1, 0.15) is 25.0 Å². The average Bonchev–Trinajstić information content (AvgIpc) is 2.31. The highest BCUT2D eigenvalue weighted by molar-refractivity contribution is 7.99. The number of nitrogen functional groups attached to an aromatic ring is 1. The van der Waals surface area contributed by atoms with Crippen molar-refractivity contribution < 1.29 is 8.42 Å². The van der Waals surface area contributed by atoms with Crippen LogP contribution >= 0.6 is 11.8 Å². The van der Waals surface area contributed by atoms with Gasteiger partial charge >= 0.3 is 0 Å². The van der Waals surface area contributed by atoms with Crippen LogP contribution in [-0.4, -0.2) is 26.0 Å². The number of nitrogens with one attached hydrogen (secondary N) is 1. The van der Waals surface area contributed by atoms with E-state index >= 15 is 0 Å². The number of rotatable bonds is 6. The number of aryl methyl sites for hydroxylation is 2. The molecule has 0 aliphatic carbocycles. The quantitative estimate of drug-likeness (QED) is 0.791. The summed E-state index contributed by atoms with van der Waals surface area (Å²) in [6.45, 7) is 7.48. The third-order valence-corrected chi connectivity index (χ3v) is 5.74. The van der Waals surface area contributed by atoms with Gasteiger partial charge in [-0.15, -0.1) is 0 Å². The van der Waals surface area contributed by atoms with Gasteiger partial charge in [0, 0.05) is 11.8 Å². The second-order valence-corrected chi connectivity index (χ2v) is 7.59. The first-order valence-electron chi connectivity index (χ1n) is 6.25. The van der Waals surface area contributed by atoms with Crippen LogP contribution in [0.2, 0.25) is 0 Å². The zero-order valence-electron chi connectivity index (χ0n) is 11.9. The standard InChI is InChI=1S/C13H22N2O2S2/c1-5-18-8-11(4)15-19(16,17)13-10(3)7-6-9(2)12(13)14/h6-7,11,15H,5,8,14H2,1-4H3. The summed E-state index contributed by atoms with van der Waals surface area (Å²) in [7, 11) is -3.56. The molecule has 3 N–H and O–H groups in total. The fourth-order valence-corrected chi connectivity index (χ4v) is 4.27. The van der Waals surface area contributed by atoms with Crippen molar-refractivity contribution in [2.75, 3.05) is 17.2 Å². The van der Waals surface area contributed by atoms with Crippen LogP contribution < -0.4 is 10.5 Å². The van der Waals surface area contributed by atoms with Gasteiger partial charge in [0.25, 0.3) is 0 Å². The van der Waals surface area contributed by atoms with E-state index in [0.29, 0.717) is 11.3 Å². The lowest BCUT2D eigenvalue weighted by Crippen LogP contribution is -2.35. The highest BCUT2D eigenvalue weighted by Crippen LogP contribution is 2.26. The molecule has 0 bridgehead atoms. The summed E-state index contributed by atoms with van der Waals surface area (Å²) in [5, 5.41) is 0. The summed E-state index contributed by atoms with van der Waals surface area (Å²) in [4.78, 5) is 0.209. The van der Waals surface area contributed by atoms with Crippen LogP contribution in [0.4, 0.5) is 5.69 Å². The van der Waals surface area contributed by atoms with Crippen molar-refractivity contribution in [2.45, 2.75) is 38.6 Å². The molecule has 0 radical (unpaired) electrons. The van der Waals surface area contributed by atoms with E-state index in [4.69, 9.17) is 5.73 Å². The van der Waals surface area contributed by atoms with Crippen molar-refractivity contribution in [3.8, 4) is 0 Å². The number of benzene rings is 1. The van der Waals surface area contributed by atoms with Crippen LogP contribution in [0, 0.1) is 13.8 Å². The zero-order valence-corrected chi connectivity index (χ0v) is 13.5. The summed E-state index contributed by atoms with van der Waals surface area (Å²) in [6, 6.07) is 3.50. The third-order valence-electron chi connectivity index (χ3n) is 2.81. The molecule has 1 atom stereocenters. The molecule has 108 valence electrons. The van der Waals surface area contributed by atoms with Crippen molar-refractivity contribution in [3.05, 3.63) is 23.3 Å². The Labute approximate surface area is 120 Å². The normalized spacial score (nSPS) is 13.5. The second-order valence-electron chi connectivity index (χ2n) is 4.62. The minimum Gasteiger partial charge on any atom is -0.397 e. The number of anilines is 1. The smallest absolute Gasteiger partial charge is 0.243 e. The van der Waals surface area contributed by atoms with Crippen molar-refractivity contribution in [1.82, 2.24) is 4.72 Å². The molecule has 0 heterocycles. The topological polar surface area (TPSA) is 72.2 Å². The molecular weight excluding hydrogens is 280 g/mol. The lowest BCUT2D eigenvalue weighted by atomic mass is 10.1. The van der Waals surface area contributed by atoms with Gasteiger partial charge in [0.1, 0.15) is 4.90 Å². The number of sulfonamides is 1. The van der Waals surface area contributed by atoms with E-state index in [-0.39, 0.29) is 10.9 Å². The molecule has 0 saturated carbocycles. The van der Waals surface area contributed by atoms with Gasteiger partial charge in [-0.05, 0) is 37.7 Å². The largest absolute Gasteiger partial charge is 0.397 e. The Hall–Kier alpha value is -0.720. The van der Waals surface area contributed by atoms with Crippen LogP contribution in [-0.2, 0) is 10.0 Å². The van der Waals surface area contributed by atoms with Crippen molar-refractivity contribution >= 4 is 27.5 Å². The number of thioether (sulfide) groups is 1. The fraction of sp³-hybridized carbons (Fsp3) is 0.538. The van der Waals surface area contributed by atoms with E-state index in [0.717, 1.165) is 17.1 Å². The fourth-order valence-electron chi connectivity index (χ4n) is 1.82. The first-order chi connectivity index (χ1) is 8.79. The van der Waals surface area contributed by atoms with Crippen LogP contribution in [0.15, 0.2) is 17.0 Å². The first kappa shape index (κ1) is 16.3. The number of hydrogen-bond donors (Lipinski definition) is 2. The summed E-state index contributed by atoms with van der Waals surface area (Å²) in [5.41, 5.74) is 7.71. The molecule has 0 aliphatic rings. The van der Waals surface area contributed by atoms with Crippen molar-refractivity contribution in [3.63, 3.8) is 0 Å². The predicted molar refractivity (Wildman–Crippen MR) is 83.1 cm³/mol. The average molecular weight is 302 g/mol. The van der Waals surface area contributed by atoms with E-state index in [1.807, 2.05) is 19.9 Å². The van der Waals surface area contributed by atoms with E-state index in [9.17, 15) is 8.42 Å². The Morgan fingerprint density at radius 1 is 1.32 bits per heavy atom. The van der Waals surface area contributed by atoms with E-state index < -0.39 is 10.0 Å². The number of nitrogens with two attached hydrogens (primary N) is 1. The van der Waals surface area contributed by atoms with Gasteiger partial charge in [-0.2, -0.15) is 11.8 Å². The van der Waals surface area contributed by atoms with Gasteiger partial charge in [-0.1, -0.05) is 19.1 Å². The molecule has 6 heteroatoms. The molecule has 0 aliphatic heterocycles. The van der Waals surface area contributed by atoms with E-state index in [2.05, 4.69) is 11.6 Å². The Balaban J connectivity index is 3.04. The summed E-state index contributed by atoms with van der Waals surface area (Å²) in [6.07, 6.45) is 0. The van der Waals surface area contributed by atoms with Crippen LogP contribution in [0.3, 0.4) is 0 Å². The highest BCUT2D eigenvalue weighted by atomic mass is 32.2. The second kappa shape index (κ2) is 6.63. The van der Waals surface area contributed by atoms with Crippen LogP contribution in [0.25, 0.3) is 0 Å². The van der Waals surface area contributed by atoms with Crippen molar-refractivity contribution in [2.24, 2.45) is 0 Å². The van der Waals surface area contributed by atoms with Gasteiger partial charge in [0.2, 0.25) is 10.0 Å². The van der Waals surface area contributed by atoms with Gasteiger partial charge in [-0.3, -0.25) is 0 Å². The van der Waals surface area contributed by atoms with Crippen LogP contribution in [0.5, 0.6) is 0 Å². The molecule has 0 fully saturated rings. The predicted octanol–water partition coefficient (Wildman–Crippen LogP) is 2.31. The molecule has 0 amide bonds. The molecule has 19 heavy (non-hydrogen) atoms. The van der Waals surface area contributed by atoms with Gasteiger partial charge in [0.15, 0.2) is 0 Å². The lowest BCUT2D eigenvalue weighted by Gasteiger charge is -2.17. The monoisotopic (exact) mass is 302 g/mol. The van der Waals surface area contributed by atoms with Gasteiger partial charge in [-0.25, -0.2) is 13.1 Å². The molecule has 4 nitrogen and oxygen atoms in total. The maximum Gasteiger partial charge on any atom is 0.243 e. The van der Waals surface area contributed by atoms with Crippen molar-refractivity contribution in [1.29, 1.82) is 0 Å². The molecule has 1 rings (SSSR count). The Kier molecular flexibility index (Phi) is 5.70. The molecule has 1 aromatic rings. The third kappa shape index (κ3) is 4.12. The summed E-state index contributed by atoms with van der Waals surface area (Å²) in [5.74, 6) is 1.72. The number of hydrogen-bond acceptors (Lipinski definition) is 4. The Morgan fingerprint density at radius 2 is 1.89 bits per heavy atom. The Morgan fingerprint density at radius 3 is 2.47 bits per heavy atom. The zero-order chi connectivity index (χ0) is 14.6. The molecular formula is C13H22N2O2S2. The summed E-state index contributed by atoms with van der Waals surface area (Å²) >= 11 is 1.71. The Bertz CT molecular complexity index is 542. The van der Waals surface area contributed by atoms with Gasteiger partial charge in [0.05, 0.1) is 5.69 Å². The molecule has 0 spiro atoms. The SMILES string of the molecule is CCSCC(C)NS(=O)(=O)c1c(C)ccc(C)c1N. The van der Waals surface area contributed by atoms with E-state index in [1.54, 1.807) is 24.8 Å². The maximum atomic E-state index is 12.4. The highest BCUT2D eigenvalue weighted by Gasteiger charge is 2.23.